The van der Waals surface area contributed by atoms with E-state index in [1.54, 1.807) is 0 Å². The van der Waals surface area contributed by atoms with Crippen molar-refractivity contribution in [3.8, 4) is 0 Å². The van der Waals surface area contributed by atoms with E-state index in [0.717, 1.165) is 13.2 Å². The van der Waals surface area contributed by atoms with E-state index in [0.29, 0.717) is 18.5 Å². The van der Waals surface area contributed by atoms with Crippen molar-refractivity contribution in [2.45, 2.75) is 59.6 Å². The van der Waals surface area contributed by atoms with Gasteiger partial charge in [-0.3, -0.25) is 0 Å². The maximum atomic E-state index is 12.0. The molecule has 0 unspecified atom stereocenters. The van der Waals surface area contributed by atoms with E-state index in [2.05, 4.69) is 11.9 Å². The predicted octanol–water partition coefficient (Wildman–Crippen LogP) is 4.67. The maximum Gasteiger partial charge on any atom is 0.391 e. The molecule has 0 aliphatic carbocycles. The second-order valence-corrected chi connectivity index (χ2v) is 6.95. The van der Waals surface area contributed by atoms with Crippen molar-refractivity contribution >= 4 is 0 Å². The zero-order valence-corrected chi connectivity index (χ0v) is 17.1. The van der Waals surface area contributed by atoms with Gasteiger partial charge in [0.1, 0.15) is 0 Å². The Morgan fingerprint density at radius 1 is 0.880 bits per heavy atom. The van der Waals surface area contributed by atoms with Crippen LogP contribution in [0.2, 0.25) is 0 Å². The minimum Gasteiger partial charge on any atom is -0.380 e. The van der Waals surface area contributed by atoms with Gasteiger partial charge in [0, 0.05) is 12.0 Å². The van der Waals surface area contributed by atoms with E-state index in [9.17, 15) is 13.2 Å². The third-order valence-corrected chi connectivity index (χ3v) is 4.85. The highest BCUT2D eigenvalue weighted by Gasteiger charge is 2.41. The Bertz CT molecular complexity index is 325. The molecule has 0 amide bonds. The van der Waals surface area contributed by atoms with Crippen LogP contribution in [-0.2, 0) is 4.74 Å². The highest BCUT2D eigenvalue weighted by atomic mass is 19.4. The minimum absolute atomic E-state index is 0.264. The topological polar surface area (TPSA) is 15.7 Å². The van der Waals surface area contributed by atoms with Crippen LogP contribution in [0.3, 0.4) is 0 Å². The molecule has 152 valence electrons. The maximum absolute atomic E-state index is 12.0. The molecule has 0 saturated carbocycles. The molecule has 3 saturated heterocycles. The highest BCUT2D eigenvalue weighted by molar-refractivity contribution is 4.90. The van der Waals surface area contributed by atoms with Crippen molar-refractivity contribution < 1.29 is 17.9 Å². The number of hydrogen-bond acceptors (Lipinski definition) is 3. The molecule has 0 N–H and O–H groups in total. The van der Waals surface area contributed by atoms with Crippen LogP contribution in [0.5, 0.6) is 0 Å². The molecule has 1 spiro atoms. The number of hydrogen-bond donors (Lipinski definition) is 0. The molecule has 3 heterocycles. The number of likely N-dealkylation sites (tertiary alicyclic amines) is 2. The first-order chi connectivity index (χ1) is 11.8. The van der Waals surface area contributed by atoms with Crippen LogP contribution in [0.1, 0.15) is 53.4 Å². The second-order valence-electron chi connectivity index (χ2n) is 6.95. The van der Waals surface area contributed by atoms with Gasteiger partial charge in [0.2, 0.25) is 0 Å². The molecule has 0 aromatic carbocycles. The monoisotopic (exact) mass is 368 g/mol. The molecular formula is C19H39F3N2O. The number of halogens is 3. The Hall–Kier alpha value is -0.330. The molecule has 3 aliphatic heterocycles. The van der Waals surface area contributed by atoms with E-state index < -0.39 is 12.1 Å². The summed E-state index contributed by atoms with van der Waals surface area (Å²) >= 11 is 0. The van der Waals surface area contributed by atoms with Gasteiger partial charge in [-0.1, -0.05) is 27.7 Å². The summed E-state index contributed by atoms with van der Waals surface area (Å²) in [7, 11) is 4.06. The fourth-order valence-electron chi connectivity index (χ4n) is 3.42. The largest absolute Gasteiger partial charge is 0.391 e. The molecule has 0 radical (unpaired) electrons. The lowest BCUT2D eigenvalue weighted by molar-refractivity contribution is -0.184. The van der Waals surface area contributed by atoms with E-state index >= 15 is 0 Å². The second kappa shape index (κ2) is 12.1. The van der Waals surface area contributed by atoms with E-state index in [-0.39, 0.29) is 12.8 Å². The Morgan fingerprint density at radius 2 is 1.40 bits per heavy atom. The number of piperidine rings is 2. The summed E-state index contributed by atoms with van der Waals surface area (Å²) in [6.45, 7) is 13.7. The summed E-state index contributed by atoms with van der Waals surface area (Å²) in [5.41, 5.74) is 0.576. The third-order valence-electron chi connectivity index (χ3n) is 4.85. The van der Waals surface area contributed by atoms with E-state index in [1.165, 1.54) is 25.9 Å². The molecule has 0 aromatic rings. The van der Waals surface area contributed by atoms with Gasteiger partial charge in [-0.15, -0.1) is 0 Å². The first kappa shape index (κ1) is 24.7. The summed E-state index contributed by atoms with van der Waals surface area (Å²) < 4.78 is 41.4. The average Bonchev–Trinajstić information content (AvgIpc) is 2.57. The number of nitrogens with zero attached hydrogens (tertiary/aromatic N) is 2. The zero-order valence-electron chi connectivity index (χ0n) is 17.1. The van der Waals surface area contributed by atoms with Gasteiger partial charge >= 0.3 is 6.18 Å². The van der Waals surface area contributed by atoms with Crippen LogP contribution in [0.4, 0.5) is 13.2 Å². The highest BCUT2D eigenvalue weighted by Crippen LogP contribution is 2.36. The SMILES string of the molecule is CC.CC.CN1CCC(C(F)(F)F)CC1.CN1CCCC2(COC2)C1. The number of ether oxygens (including phenoxy) is 1. The van der Waals surface area contributed by atoms with Gasteiger partial charge < -0.3 is 14.5 Å². The predicted molar refractivity (Wildman–Crippen MR) is 99.0 cm³/mol. The fourth-order valence-corrected chi connectivity index (χ4v) is 3.42. The summed E-state index contributed by atoms with van der Waals surface area (Å²) in [5, 5.41) is 0. The normalized spacial score (nSPS) is 23.9. The van der Waals surface area contributed by atoms with Gasteiger partial charge in [0.05, 0.1) is 19.1 Å². The molecule has 0 aromatic heterocycles. The average molecular weight is 369 g/mol. The lowest BCUT2D eigenvalue weighted by atomic mass is 9.78. The molecule has 25 heavy (non-hydrogen) atoms. The third kappa shape index (κ3) is 8.74. The minimum atomic E-state index is -3.97. The summed E-state index contributed by atoms with van der Waals surface area (Å²) in [6.07, 6.45) is -0.696. The Labute approximate surface area is 152 Å². The van der Waals surface area contributed by atoms with Crippen LogP contribution in [-0.4, -0.2) is 69.5 Å². The smallest absolute Gasteiger partial charge is 0.380 e. The number of alkyl halides is 3. The molecular weight excluding hydrogens is 329 g/mol. The van der Waals surface area contributed by atoms with Crippen LogP contribution in [0.25, 0.3) is 0 Å². The van der Waals surface area contributed by atoms with Crippen LogP contribution in [0.15, 0.2) is 0 Å². The lowest BCUT2D eigenvalue weighted by Gasteiger charge is -2.47. The molecule has 6 heteroatoms. The molecule has 3 nitrogen and oxygen atoms in total. The van der Waals surface area contributed by atoms with Crippen LogP contribution < -0.4 is 0 Å². The van der Waals surface area contributed by atoms with Crippen molar-refractivity contribution in [3.05, 3.63) is 0 Å². The van der Waals surface area contributed by atoms with Crippen molar-refractivity contribution in [1.82, 2.24) is 9.80 Å². The molecule has 3 aliphatic rings. The van der Waals surface area contributed by atoms with Gasteiger partial charge in [-0.05, 0) is 59.4 Å². The molecule has 3 rings (SSSR count). The molecule has 3 fully saturated rings. The first-order valence-corrected chi connectivity index (χ1v) is 9.82. The molecule has 0 bridgehead atoms. The van der Waals surface area contributed by atoms with Crippen molar-refractivity contribution in [2.24, 2.45) is 11.3 Å². The zero-order chi connectivity index (χ0) is 19.5. The summed E-state index contributed by atoms with van der Waals surface area (Å²) in [6, 6.07) is 0. The van der Waals surface area contributed by atoms with Gasteiger partial charge in [0.15, 0.2) is 0 Å². The van der Waals surface area contributed by atoms with Crippen LogP contribution in [0, 0.1) is 11.3 Å². The van der Waals surface area contributed by atoms with Gasteiger partial charge in [0.25, 0.3) is 0 Å². The first-order valence-electron chi connectivity index (χ1n) is 9.82. The standard InChI is InChI=1S/C8H15NO.C7H12F3N.2C2H6/c1-9-4-2-3-8(5-9)6-10-7-8;1-11-4-2-6(3-5-11)7(8,9)10;2*1-2/h2-7H2,1H3;6H,2-5H2,1H3;2*1-2H3. The Kier molecular flexibility index (Phi) is 12.0. The number of rotatable bonds is 0. The summed E-state index contributed by atoms with van der Waals surface area (Å²) in [4.78, 5) is 4.36. The fraction of sp³-hybridized carbons (Fsp3) is 1.00. The Balaban J connectivity index is 0.000000385. The Morgan fingerprint density at radius 3 is 1.72 bits per heavy atom. The summed E-state index contributed by atoms with van der Waals surface area (Å²) in [5.74, 6) is -1.06. The van der Waals surface area contributed by atoms with Crippen molar-refractivity contribution in [2.75, 3.05) is 53.5 Å². The van der Waals surface area contributed by atoms with Crippen molar-refractivity contribution in [3.63, 3.8) is 0 Å². The van der Waals surface area contributed by atoms with E-state index in [4.69, 9.17) is 4.74 Å². The van der Waals surface area contributed by atoms with Crippen molar-refractivity contribution in [1.29, 1.82) is 0 Å². The van der Waals surface area contributed by atoms with E-state index in [1.807, 2.05) is 39.6 Å². The lowest BCUT2D eigenvalue weighted by Crippen LogP contribution is -2.53. The molecule has 0 atom stereocenters. The van der Waals surface area contributed by atoms with Gasteiger partial charge in [-0.25, -0.2) is 0 Å². The quantitative estimate of drug-likeness (QED) is 0.618. The van der Waals surface area contributed by atoms with Crippen LogP contribution >= 0.6 is 0 Å². The van der Waals surface area contributed by atoms with Gasteiger partial charge in [-0.2, -0.15) is 13.2 Å².